The van der Waals surface area contributed by atoms with Crippen LogP contribution in [0, 0.1) is 13.8 Å². The van der Waals surface area contributed by atoms with Crippen molar-refractivity contribution in [3.05, 3.63) is 59.2 Å². The topological polar surface area (TPSA) is 78.5 Å². The lowest BCUT2D eigenvalue weighted by molar-refractivity contribution is -0.137. The zero-order valence-electron chi connectivity index (χ0n) is 18.8. The molecule has 0 aromatic heterocycles. The van der Waals surface area contributed by atoms with Crippen molar-refractivity contribution in [2.45, 2.75) is 58.7 Å². The van der Waals surface area contributed by atoms with E-state index in [1.807, 2.05) is 26.8 Å². The van der Waals surface area contributed by atoms with Gasteiger partial charge in [-0.25, -0.2) is 5.43 Å². The molecule has 0 fully saturated rings. The van der Waals surface area contributed by atoms with Crippen LogP contribution < -0.4 is 15.8 Å². The smallest absolute Gasteiger partial charge is 0.303 e. The summed E-state index contributed by atoms with van der Waals surface area (Å²) in [6.07, 6.45) is -3.42. The Labute approximate surface area is 191 Å². The summed E-state index contributed by atoms with van der Waals surface area (Å²) in [5.74, 6) is -0.821. The summed E-state index contributed by atoms with van der Waals surface area (Å²) in [4.78, 5) is 36.8. The maximum atomic E-state index is 13.4. The molecule has 1 atom stereocenters. The molecule has 0 aliphatic rings. The third-order valence-electron chi connectivity index (χ3n) is 4.96. The summed E-state index contributed by atoms with van der Waals surface area (Å²) >= 11 is 0. The third kappa shape index (κ3) is 7.71. The van der Waals surface area contributed by atoms with Crippen LogP contribution in [-0.4, -0.2) is 24.1 Å². The molecular formula is C24H28F3N3O3. The molecule has 0 heterocycles. The summed E-state index contributed by atoms with van der Waals surface area (Å²) < 4.78 is 40.0. The third-order valence-corrected chi connectivity index (χ3v) is 4.96. The second kappa shape index (κ2) is 11.6. The Kier molecular flexibility index (Phi) is 9.16. The molecule has 2 N–H and O–H groups in total. The minimum Gasteiger partial charge on any atom is -0.303 e. The number of benzene rings is 2. The fraction of sp³-hybridized carbons (Fsp3) is 0.375. The Balaban J connectivity index is 2.34. The number of anilines is 2. The minimum atomic E-state index is -4.55. The molecule has 0 aliphatic heterocycles. The first kappa shape index (κ1) is 26.1. The van der Waals surface area contributed by atoms with Gasteiger partial charge in [0, 0.05) is 36.7 Å². The highest BCUT2D eigenvalue weighted by molar-refractivity contribution is 6.01. The molecule has 178 valence electrons. The van der Waals surface area contributed by atoms with Gasteiger partial charge in [-0.05, 0) is 61.7 Å². The molecule has 0 saturated heterocycles. The number of aldehydes is 1. The predicted molar refractivity (Wildman–Crippen MR) is 120 cm³/mol. The van der Waals surface area contributed by atoms with E-state index < -0.39 is 29.6 Å². The zero-order chi connectivity index (χ0) is 24.6. The Morgan fingerprint density at radius 1 is 1.06 bits per heavy atom. The standard InChI is InChI=1S/C24H28F3N3O3/c1-4-19(28-29-22(32)9-6-10-31)15-23(33)30(21-12-16(2)11-17(3)13-21)20-8-5-7-18(14-20)24(25,26)27/h5,7-8,10-14,19,28H,4,6,9,15H2,1-3H3,(H,29,32). The number of hydrazine groups is 1. The summed E-state index contributed by atoms with van der Waals surface area (Å²) in [7, 11) is 0. The Bertz CT molecular complexity index is 972. The lowest BCUT2D eigenvalue weighted by Crippen LogP contribution is -2.46. The number of aryl methyl sites for hydroxylation is 2. The number of halogens is 3. The number of amides is 2. The van der Waals surface area contributed by atoms with E-state index in [1.165, 1.54) is 17.0 Å². The molecule has 33 heavy (non-hydrogen) atoms. The van der Waals surface area contributed by atoms with E-state index in [9.17, 15) is 27.6 Å². The first-order chi connectivity index (χ1) is 15.5. The number of rotatable bonds is 10. The van der Waals surface area contributed by atoms with Gasteiger partial charge in [0.15, 0.2) is 0 Å². The predicted octanol–water partition coefficient (Wildman–Crippen LogP) is 4.76. The molecule has 2 aromatic carbocycles. The van der Waals surface area contributed by atoms with E-state index in [0.717, 1.165) is 23.3 Å². The Morgan fingerprint density at radius 3 is 2.30 bits per heavy atom. The van der Waals surface area contributed by atoms with Crippen LogP contribution in [0.15, 0.2) is 42.5 Å². The molecule has 0 radical (unpaired) electrons. The average molecular weight is 464 g/mol. The Morgan fingerprint density at radius 2 is 1.73 bits per heavy atom. The van der Waals surface area contributed by atoms with Crippen molar-refractivity contribution in [2.75, 3.05) is 4.90 Å². The van der Waals surface area contributed by atoms with Gasteiger partial charge < -0.3 is 4.79 Å². The van der Waals surface area contributed by atoms with E-state index in [-0.39, 0.29) is 24.9 Å². The lowest BCUT2D eigenvalue weighted by atomic mass is 10.1. The van der Waals surface area contributed by atoms with E-state index in [4.69, 9.17) is 0 Å². The molecule has 0 aliphatic carbocycles. The van der Waals surface area contributed by atoms with E-state index >= 15 is 0 Å². The number of carbonyl (C=O) groups excluding carboxylic acids is 3. The molecule has 0 saturated carbocycles. The summed E-state index contributed by atoms with van der Waals surface area (Å²) in [5.41, 5.74) is 6.69. The molecule has 2 rings (SSSR count). The molecule has 6 nitrogen and oxygen atoms in total. The summed E-state index contributed by atoms with van der Waals surface area (Å²) in [6.45, 7) is 5.50. The molecular weight excluding hydrogens is 435 g/mol. The van der Waals surface area contributed by atoms with Gasteiger partial charge in [-0.3, -0.25) is 19.9 Å². The highest BCUT2D eigenvalue weighted by Gasteiger charge is 2.32. The van der Waals surface area contributed by atoms with Crippen LogP contribution in [0.1, 0.15) is 49.3 Å². The monoisotopic (exact) mass is 463 g/mol. The SMILES string of the molecule is CCC(CC(=O)N(c1cc(C)cc(C)c1)c1cccc(C(F)(F)F)c1)NNC(=O)CCC=O. The molecule has 9 heteroatoms. The van der Waals surface area contributed by atoms with Crippen LogP contribution in [0.5, 0.6) is 0 Å². The number of nitrogens with one attached hydrogen (secondary N) is 2. The van der Waals surface area contributed by atoms with E-state index in [1.54, 1.807) is 12.1 Å². The molecule has 2 amide bonds. The van der Waals surface area contributed by atoms with Crippen LogP contribution in [0.3, 0.4) is 0 Å². The van der Waals surface area contributed by atoms with Crippen molar-refractivity contribution in [3.63, 3.8) is 0 Å². The van der Waals surface area contributed by atoms with E-state index in [0.29, 0.717) is 18.4 Å². The second-order valence-electron chi connectivity index (χ2n) is 7.83. The van der Waals surface area contributed by atoms with Crippen LogP contribution in [0.4, 0.5) is 24.5 Å². The molecule has 0 bridgehead atoms. The van der Waals surface area contributed by atoms with Crippen LogP contribution >= 0.6 is 0 Å². The number of carbonyl (C=O) groups is 3. The largest absolute Gasteiger partial charge is 0.416 e. The number of alkyl halides is 3. The highest BCUT2D eigenvalue weighted by atomic mass is 19.4. The van der Waals surface area contributed by atoms with Gasteiger partial charge in [-0.2, -0.15) is 13.2 Å². The van der Waals surface area contributed by atoms with Gasteiger partial charge in [-0.15, -0.1) is 0 Å². The first-order valence-corrected chi connectivity index (χ1v) is 10.6. The first-order valence-electron chi connectivity index (χ1n) is 10.6. The van der Waals surface area contributed by atoms with Gasteiger partial charge in [0.1, 0.15) is 6.29 Å². The average Bonchev–Trinajstić information content (AvgIpc) is 2.74. The molecule has 1 unspecified atom stereocenters. The van der Waals surface area contributed by atoms with Crippen LogP contribution in [0.25, 0.3) is 0 Å². The maximum absolute atomic E-state index is 13.4. The van der Waals surface area contributed by atoms with Gasteiger partial charge in [0.25, 0.3) is 0 Å². The van der Waals surface area contributed by atoms with Crippen molar-refractivity contribution in [1.82, 2.24) is 10.9 Å². The summed E-state index contributed by atoms with van der Waals surface area (Å²) in [6, 6.07) is 9.55. The molecule has 0 spiro atoms. The number of nitrogens with zero attached hydrogens (tertiary/aromatic N) is 1. The minimum absolute atomic E-state index is 0.0137. The second-order valence-corrected chi connectivity index (χ2v) is 7.83. The highest BCUT2D eigenvalue weighted by Crippen LogP contribution is 2.35. The maximum Gasteiger partial charge on any atom is 0.416 e. The fourth-order valence-corrected chi connectivity index (χ4v) is 3.37. The van der Waals surface area contributed by atoms with Crippen molar-refractivity contribution in [3.8, 4) is 0 Å². The van der Waals surface area contributed by atoms with Crippen molar-refractivity contribution in [2.24, 2.45) is 0 Å². The van der Waals surface area contributed by atoms with Crippen molar-refractivity contribution in [1.29, 1.82) is 0 Å². The van der Waals surface area contributed by atoms with Crippen LogP contribution in [0.2, 0.25) is 0 Å². The molecule has 2 aromatic rings. The van der Waals surface area contributed by atoms with Gasteiger partial charge in [-0.1, -0.05) is 19.1 Å². The van der Waals surface area contributed by atoms with Gasteiger partial charge in [0.05, 0.1) is 5.56 Å². The van der Waals surface area contributed by atoms with Gasteiger partial charge >= 0.3 is 6.18 Å². The van der Waals surface area contributed by atoms with E-state index in [2.05, 4.69) is 10.9 Å². The Hall–Kier alpha value is -3.20. The van der Waals surface area contributed by atoms with Crippen LogP contribution in [-0.2, 0) is 20.6 Å². The van der Waals surface area contributed by atoms with Crippen molar-refractivity contribution >= 4 is 29.5 Å². The quantitative estimate of drug-likeness (QED) is 0.394. The lowest BCUT2D eigenvalue weighted by Gasteiger charge is -2.27. The fourth-order valence-electron chi connectivity index (χ4n) is 3.37. The number of hydrogen-bond donors (Lipinski definition) is 2. The zero-order valence-corrected chi connectivity index (χ0v) is 18.8. The number of hydrogen-bond acceptors (Lipinski definition) is 4. The normalized spacial score (nSPS) is 12.2. The van der Waals surface area contributed by atoms with Gasteiger partial charge in [0.2, 0.25) is 11.8 Å². The summed E-state index contributed by atoms with van der Waals surface area (Å²) in [5, 5.41) is 0. The van der Waals surface area contributed by atoms with Crippen molar-refractivity contribution < 1.29 is 27.6 Å².